The fraction of sp³-hybridized carbons (Fsp3) is 0.389. The smallest absolute Gasteiger partial charge is 0.274 e. The highest BCUT2D eigenvalue weighted by Gasteiger charge is 2.17. The summed E-state index contributed by atoms with van der Waals surface area (Å²) in [5.74, 6) is 0.138. The number of amides is 1. The van der Waals surface area contributed by atoms with Gasteiger partial charge in [0, 0.05) is 29.6 Å². The van der Waals surface area contributed by atoms with Crippen LogP contribution in [0.25, 0.3) is 0 Å². The molecule has 1 amide bonds. The Hall–Kier alpha value is -2.18. The van der Waals surface area contributed by atoms with Crippen molar-refractivity contribution < 1.29 is 9.53 Å². The van der Waals surface area contributed by atoms with Gasteiger partial charge in [0.15, 0.2) is 0 Å². The van der Waals surface area contributed by atoms with E-state index in [0.29, 0.717) is 28.9 Å². The van der Waals surface area contributed by atoms with Crippen molar-refractivity contribution >= 4 is 29.1 Å². The van der Waals surface area contributed by atoms with Gasteiger partial charge in [-0.25, -0.2) is 9.97 Å². The highest BCUT2D eigenvalue weighted by molar-refractivity contribution is 6.31. The van der Waals surface area contributed by atoms with Gasteiger partial charge in [-0.1, -0.05) is 17.7 Å². The zero-order valence-electron chi connectivity index (χ0n) is 14.3. The first-order valence-electron chi connectivity index (χ1n) is 8.30. The number of hydrogen-bond donors (Lipinski definition) is 2. The van der Waals surface area contributed by atoms with Crippen molar-refractivity contribution in [2.45, 2.75) is 32.8 Å². The van der Waals surface area contributed by atoms with E-state index >= 15 is 0 Å². The molecule has 1 aliphatic rings. The van der Waals surface area contributed by atoms with E-state index in [9.17, 15) is 4.79 Å². The summed E-state index contributed by atoms with van der Waals surface area (Å²) in [7, 11) is 0. The van der Waals surface area contributed by atoms with Crippen LogP contribution in [0.4, 0.5) is 11.6 Å². The molecule has 7 heteroatoms. The van der Waals surface area contributed by atoms with E-state index in [0.717, 1.165) is 30.7 Å². The van der Waals surface area contributed by atoms with Gasteiger partial charge in [0.2, 0.25) is 5.95 Å². The van der Waals surface area contributed by atoms with Crippen LogP contribution in [-0.2, 0) is 4.74 Å². The number of ether oxygens (including phenoxy) is 1. The lowest BCUT2D eigenvalue weighted by atomic mass is 10.2. The Labute approximate surface area is 152 Å². The van der Waals surface area contributed by atoms with E-state index in [-0.39, 0.29) is 12.0 Å². The molecule has 2 N–H and O–H groups in total. The average Bonchev–Trinajstić information content (AvgIpc) is 3.09. The molecule has 0 spiro atoms. The largest absolute Gasteiger partial charge is 0.376 e. The minimum absolute atomic E-state index is 0.176. The Bertz CT molecular complexity index is 776. The number of carbonyl (C=O) groups excluding carboxylic acids is 1. The highest BCUT2D eigenvalue weighted by atomic mass is 35.5. The summed E-state index contributed by atoms with van der Waals surface area (Å²) >= 11 is 6.00. The van der Waals surface area contributed by atoms with Crippen LogP contribution in [0.1, 0.15) is 34.6 Å². The third-order valence-electron chi connectivity index (χ3n) is 4.05. The standard InChI is InChI=1S/C18H21ClN4O2/c1-11-5-6-13(19)9-15(11)22-17(24)16-8-12(2)21-18(23-16)20-10-14-4-3-7-25-14/h5-6,8-9,14H,3-4,7,10H2,1-2H3,(H,22,24)(H,20,21,23). The summed E-state index contributed by atoms with van der Waals surface area (Å²) in [6.45, 7) is 5.18. The summed E-state index contributed by atoms with van der Waals surface area (Å²) in [5.41, 5.74) is 2.63. The lowest BCUT2D eigenvalue weighted by Gasteiger charge is -2.12. The molecular weight excluding hydrogens is 340 g/mol. The Morgan fingerprint density at radius 1 is 1.32 bits per heavy atom. The zero-order chi connectivity index (χ0) is 17.8. The third kappa shape index (κ3) is 4.67. The number of anilines is 2. The molecule has 2 aromatic rings. The van der Waals surface area contributed by atoms with Crippen LogP contribution in [0.3, 0.4) is 0 Å². The number of hydrogen-bond acceptors (Lipinski definition) is 5. The first-order chi connectivity index (χ1) is 12.0. The van der Waals surface area contributed by atoms with Gasteiger partial charge in [-0.2, -0.15) is 0 Å². The number of rotatable bonds is 5. The maximum Gasteiger partial charge on any atom is 0.274 e. The van der Waals surface area contributed by atoms with Crippen LogP contribution < -0.4 is 10.6 Å². The molecule has 1 aliphatic heterocycles. The van der Waals surface area contributed by atoms with Crippen molar-refractivity contribution in [3.05, 3.63) is 46.2 Å². The molecule has 1 saturated heterocycles. The molecule has 0 aliphatic carbocycles. The van der Waals surface area contributed by atoms with Gasteiger partial charge >= 0.3 is 0 Å². The normalized spacial score (nSPS) is 16.7. The fourth-order valence-corrected chi connectivity index (χ4v) is 2.86. The molecule has 1 atom stereocenters. The van der Waals surface area contributed by atoms with E-state index in [1.807, 2.05) is 19.9 Å². The second-order valence-corrected chi connectivity index (χ2v) is 6.58. The predicted octanol–water partition coefficient (Wildman–Crippen LogP) is 3.59. The summed E-state index contributed by atoms with van der Waals surface area (Å²) in [6.07, 6.45) is 2.28. The van der Waals surface area contributed by atoms with Gasteiger partial charge in [-0.3, -0.25) is 4.79 Å². The van der Waals surface area contributed by atoms with Gasteiger partial charge < -0.3 is 15.4 Å². The number of aryl methyl sites for hydroxylation is 2. The highest BCUT2D eigenvalue weighted by Crippen LogP contribution is 2.21. The molecule has 3 rings (SSSR count). The molecule has 6 nitrogen and oxygen atoms in total. The Kier molecular flexibility index (Phi) is 5.50. The Morgan fingerprint density at radius 3 is 2.92 bits per heavy atom. The SMILES string of the molecule is Cc1cc(C(=O)Nc2cc(Cl)ccc2C)nc(NCC2CCCO2)n1. The number of carbonyl (C=O) groups is 1. The van der Waals surface area contributed by atoms with E-state index in [4.69, 9.17) is 16.3 Å². The minimum atomic E-state index is -0.295. The van der Waals surface area contributed by atoms with E-state index < -0.39 is 0 Å². The fourth-order valence-electron chi connectivity index (χ4n) is 2.69. The molecule has 1 aromatic heterocycles. The molecule has 1 fully saturated rings. The van der Waals surface area contributed by atoms with Crippen molar-refractivity contribution in [3.63, 3.8) is 0 Å². The molecule has 132 valence electrons. The van der Waals surface area contributed by atoms with Crippen LogP contribution in [-0.4, -0.2) is 35.1 Å². The van der Waals surface area contributed by atoms with Gasteiger partial charge in [-0.15, -0.1) is 0 Å². The maximum atomic E-state index is 12.5. The number of nitrogens with zero attached hydrogens (tertiary/aromatic N) is 2. The molecule has 0 radical (unpaired) electrons. The van der Waals surface area contributed by atoms with Crippen molar-refractivity contribution in [3.8, 4) is 0 Å². The molecule has 1 unspecified atom stereocenters. The monoisotopic (exact) mass is 360 g/mol. The van der Waals surface area contributed by atoms with Crippen molar-refractivity contribution in [1.82, 2.24) is 9.97 Å². The first kappa shape index (κ1) is 17.6. The molecular formula is C18H21ClN4O2. The summed E-state index contributed by atoms with van der Waals surface area (Å²) in [6, 6.07) is 7.03. The molecule has 0 saturated carbocycles. The minimum Gasteiger partial charge on any atom is -0.376 e. The predicted molar refractivity (Wildman–Crippen MR) is 98.4 cm³/mol. The van der Waals surface area contributed by atoms with Crippen molar-refractivity contribution in [2.75, 3.05) is 23.8 Å². The van der Waals surface area contributed by atoms with Crippen molar-refractivity contribution in [1.29, 1.82) is 0 Å². The maximum absolute atomic E-state index is 12.5. The van der Waals surface area contributed by atoms with Crippen molar-refractivity contribution in [2.24, 2.45) is 0 Å². The van der Waals surface area contributed by atoms with E-state index in [1.54, 1.807) is 18.2 Å². The van der Waals surface area contributed by atoms with E-state index in [1.165, 1.54) is 0 Å². The second kappa shape index (κ2) is 7.80. The lowest BCUT2D eigenvalue weighted by Crippen LogP contribution is -2.21. The van der Waals surface area contributed by atoms with Gasteiger partial charge in [0.1, 0.15) is 5.69 Å². The van der Waals surface area contributed by atoms with Crippen LogP contribution in [0, 0.1) is 13.8 Å². The topological polar surface area (TPSA) is 76.1 Å². The average molecular weight is 361 g/mol. The summed E-state index contributed by atoms with van der Waals surface area (Å²) in [4.78, 5) is 21.2. The number of benzene rings is 1. The second-order valence-electron chi connectivity index (χ2n) is 6.15. The summed E-state index contributed by atoms with van der Waals surface area (Å²) < 4.78 is 5.58. The van der Waals surface area contributed by atoms with Crippen LogP contribution in [0.15, 0.2) is 24.3 Å². The Balaban J connectivity index is 1.72. The summed E-state index contributed by atoms with van der Waals surface area (Å²) in [5, 5.41) is 6.58. The third-order valence-corrected chi connectivity index (χ3v) is 4.28. The quantitative estimate of drug-likeness (QED) is 0.852. The van der Waals surface area contributed by atoms with Crippen LogP contribution >= 0.6 is 11.6 Å². The molecule has 1 aromatic carbocycles. The van der Waals surface area contributed by atoms with Crippen LogP contribution in [0.5, 0.6) is 0 Å². The molecule has 2 heterocycles. The van der Waals surface area contributed by atoms with Crippen LogP contribution in [0.2, 0.25) is 5.02 Å². The Morgan fingerprint density at radius 2 is 2.16 bits per heavy atom. The first-order valence-corrected chi connectivity index (χ1v) is 8.68. The van der Waals surface area contributed by atoms with Gasteiger partial charge in [0.05, 0.1) is 6.10 Å². The molecule has 0 bridgehead atoms. The lowest BCUT2D eigenvalue weighted by molar-refractivity contribution is 0.102. The zero-order valence-corrected chi connectivity index (χ0v) is 15.1. The van der Waals surface area contributed by atoms with Gasteiger partial charge in [-0.05, 0) is 50.5 Å². The number of halogens is 1. The van der Waals surface area contributed by atoms with E-state index in [2.05, 4.69) is 20.6 Å². The van der Waals surface area contributed by atoms with Gasteiger partial charge in [0.25, 0.3) is 5.91 Å². The molecule has 25 heavy (non-hydrogen) atoms. The number of nitrogens with one attached hydrogen (secondary N) is 2. The number of aromatic nitrogens is 2.